The van der Waals surface area contributed by atoms with Gasteiger partial charge in [-0.15, -0.1) is 0 Å². The summed E-state index contributed by atoms with van der Waals surface area (Å²) >= 11 is 0. The van der Waals surface area contributed by atoms with Gasteiger partial charge in [0.25, 0.3) is 15.9 Å². The molecule has 1 heterocycles. The number of nitrogens with zero attached hydrogens (tertiary/aromatic N) is 2. The number of carbonyl (C=O) groups is 1. The summed E-state index contributed by atoms with van der Waals surface area (Å²) in [5, 5.41) is 0. The standard InChI is InChI=1S/C26H25FN2O3S/c1-18-14-20-7-2-3-11-25(20)29(18)33(31,32)24-10-5-8-21(16-24)26(30)28(23-12-13-23)17-19-6-4-9-22(27)15-19/h2-11,15-16,18,23H,12-14,17H2,1H3. The average Bonchev–Trinajstić information content (AvgIpc) is 3.58. The minimum Gasteiger partial charge on any atom is -0.331 e. The molecule has 1 aliphatic carbocycles. The highest BCUT2D eigenvalue weighted by Crippen LogP contribution is 2.37. The van der Waals surface area contributed by atoms with Gasteiger partial charge < -0.3 is 4.90 Å². The summed E-state index contributed by atoms with van der Waals surface area (Å²) in [6.45, 7) is 2.18. The zero-order valence-electron chi connectivity index (χ0n) is 18.3. The van der Waals surface area contributed by atoms with Gasteiger partial charge in [0.1, 0.15) is 5.82 Å². The molecule has 0 radical (unpaired) electrons. The van der Waals surface area contributed by atoms with Gasteiger partial charge in [0, 0.05) is 24.2 Å². The van der Waals surface area contributed by atoms with Crippen molar-refractivity contribution >= 4 is 21.6 Å². The molecule has 7 heteroatoms. The van der Waals surface area contributed by atoms with Crippen LogP contribution >= 0.6 is 0 Å². The van der Waals surface area contributed by atoms with E-state index in [0.717, 1.165) is 18.4 Å². The second kappa shape index (κ2) is 8.30. The molecular formula is C26H25FN2O3S. The van der Waals surface area contributed by atoms with Crippen molar-refractivity contribution in [2.24, 2.45) is 0 Å². The second-order valence-corrected chi connectivity index (χ2v) is 10.6. The maximum atomic E-state index is 13.7. The SMILES string of the molecule is CC1Cc2ccccc2N1S(=O)(=O)c1cccc(C(=O)N(Cc2cccc(F)c2)C2CC2)c1. The molecule has 2 aliphatic rings. The van der Waals surface area contributed by atoms with Crippen molar-refractivity contribution in [2.45, 2.75) is 49.7 Å². The number of anilines is 1. The first-order chi connectivity index (χ1) is 15.8. The summed E-state index contributed by atoms with van der Waals surface area (Å²) in [5.74, 6) is -0.586. The number of carbonyl (C=O) groups excluding carboxylic acids is 1. The molecule has 0 aromatic heterocycles. The molecule has 0 bridgehead atoms. The van der Waals surface area contributed by atoms with E-state index in [1.54, 1.807) is 29.2 Å². The normalized spacial score (nSPS) is 17.6. The molecule has 1 unspecified atom stereocenters. The van der Waals surface area contributed by atoms with E-state index in [0.29, 0.717) is 23.2 Å². The molecule has 33 heavy (non-hydrogen) atoms. The first-order valence-electron chi connectivity index (χ1n) is 11.1. The number of para-hydroxylation sites is 1. The number of fused-ring (bicyclic) bond motifs is 1. The maximum absolute atomic E-state index is 13.7. The van der Waals surface area contributed by atoms with Crippen molar-refractivity contribution in [2.75, 3.05) is 4.31 Å². The summed E-state index contributed by atoms with van der Waals surface area (Å²) in [7, 11) is -3.84. The van der Waals surface area contributed by atoms with Crippen LogP contribution < -0.4 is 4.31 Å². The van der Waals surface area contributed by atoms with Gasteiger partial charge in [-0.2, -0.15) is 0 Å². The van der Waals surface area contributed by atoms with Gasteiger partial charge in [0.15, 0.2) is 0 Å². The molecule has 5 nitrogen and oxygen atoms in total. The largest absolute Gasteiger partial charge is 0.331 e. The lowest BCUT2D eigenvalue weighted by atomic mass is 10.1. The zero-order valence-corrected chi connectivity index (χ0v) is 19.1. The number of hydrogen-bond donors (Lipinski definition) is 0. The van der Waals surface area contributed by atoms with E-state index in [2.05, 4.69) is 0 Å². The molecule has 3 aromatic rings. The van der Waals surface area contributed by atoms with Gasteiger partial charge in [-0.3, -0.25) is 9.10 Å². The predicted octanol–water partition coefficient (Wildman–Crippen LogP) is 4.77. The molecule has 3 aromatic carbocycles. The fourth-order valence-electron chi connectivity index (χ4n) is 4.56. The zero-order chi connectivity index (χ0) is 23.2. The van der Waals surface area contributed by atoms with Crippen LogP contribution in [0.25, 0.3) is 0 Å². The Morgan fingerprint density at radius 2 is 1.79 bits per heavy atom. The van der Waals surface area contributed by atoms with Gasteiger partial charge in [-0.05, 0) is 73.7 Å². The molecule has 1 fully saturated rings. The van der Waals surface area contributed by atoms with Crippen LogP contribution in [0.15, 0.2) is 77.7 Å². The second-order valence-electron chi connectivity index (χ2n) is 8.80. The topological polar surface area (TPSA) is 57.7 Å². The number of hydrogen-bond acceptors (Lipinski definition) is 3. The summed E-state index contributed by atoms with van der Waals surface area (Å²) < 4.78 is 42.3. The van der Waals surface area contributed by atoms with Crippen LogP contribution in [-0.2, 0) is 23.0 Å². The number of halogens is 1. The van der Waals surface area contributed by atoms with Crippen LogP contribution in [0.2, 0.25) is 0 Å². The Morgan fingerprint density at radius 3 is 2.55 bits per heavy atom. The summed E-state index contributed by atoms with van der Waals surface area (Å²) in [4.78, 5) is 15.2. The fourth-order valence-corrected chi connectivity index (χ4v) is 6.30. The molecule has 170 valence electrons. The Balaban J connectivity index is 1.45. The Morgan fingerprint density at radius 1 is 1.03 bits per heavy atom. The van der Waals surface area contributed by atoms with Crippen molar-refractivity contribution in [3.8, 4) is 0 Å². The summed E-state index contributed by atoms with van der Waals surface area (Å²) in [6.07, 6.45) is 2.43. The average molecular weight is 465 g/mol. The smallest absolute Gasteiger partial charge is 0.264 e. The minimum atomic E-state index is -3.84. The highest BCUT2D eigenvalue weighted by atomic mass is 32.2. The number of sulfonamides is 1. The Hall–Kier alpha value is -3.19. The van der Waals surface area contributed by atoms with E-state index in [1.807, 2.05) is 31.2 Å². The molecule has 5 rings (SSSR count). The number of benzene rings is 3. The van der Waals surface area contributed by atoms with E-state index in [9.17, 15) is 17.6 Å². The third-order valence-corrected chi connectivity index (χ3v) is 8.20. The van der Waals surface area contributed by atoms with Crippen molar-refractivity contribution in [3.63, 3.8) is 0 Å². The molecule has 1 aliphatic heterocycles. The van der Waals surface area contributed by atoms with Crippen molar-refractivity contribution in [3.05, 3.63) is 95.3 Å². The summed E-state index contributed by atoms with van der Waals surface area (Å²) in [6, 6.07) is 19.9. The number of rotatable bonds is 6. The van der Waals surface area contributed by atoms with Crippen molar-refractivity contribution in [1.29, 1.82) is 0 Å². The Labute approximate surface area is 193 Å². The third-order valence-electron chi connectivity index (χ3n) is 6.27. The van der Waals surface area contributed by atoms with E-state index >= 15 is 0 Å². The monoisotopic (exact) mass is 464 g/mol. The van der Waals surface area contributed by atoms with Crippen molar-refractivity contribution in [1.82, 2.24) is 4.90 Å². The number of amides is 1. The maximum Gasteiger partial charge on any atom is 0.264 e. The van der Waals surface area contributed by atoms with Crippen LogP contribution in [0.3, 0.4) is 0 Å². The molecule has 1 atom stereocenters. The first-order valence-corrected chi connectivity index (χ1v) is 12.6. The Bertz CT molecular complexity index is 1320. The van der Waals surface area contributed by atoms with Crippen LogP contribution in [0, 0.1) is 5.82 Å². The third kappa shape index (κ3) is 4.13. The van der Waals surface area contributed by atoms with Gasteiger partial charge in [0.05, 0.1) is 10.6 Å². The van der Waals surface area contributed by atoms with E-state index in [1.165, 1.54) is 28.6 Å². The van der Waals surface area contributed by atoms with Gasteiger partial charge in [-0.1, -0.05) is 36.4 Å². The van der Waals surface area contributed by atoms with E-state index < -0.39 is 10.0 Å². The van der Waals surface area contributed by atoms with E-state index in [-0.39, 0.29) is 35.2 Å². The minimum absolute atomic E-state index is 0.0894. The molecule has 1 saturated carbocycles. The molecule has 0 N–H and O–H groups in total. The molecule has 0 spiro atoms. The predicted molar refractivity (Wildman–Crippen MR) is 125 cm³/mol. The van der Waals surface area contributed by atoms with Crippen LogP contribution in [0.5, 0.6) is 0 Å². The van der Waals surface area contributed by atoms with E-state index in [4.69, 9.17) is 0 Å². The fraction of sp³-hybridized carbons (Fsp3) is 0.269. The van der Waals surface area contributed by atoms with Crippen LogP contribution in [-0.4, -0.2) is 31.3 Å². The van der Waals surface area contributed by atoms with Crippen LogP contribution in [0.4, 0.5) is 10.1 Å². The lowest BCUT2D eigenvalue weighted by Gasteiger charge is -2.25. The highest BCUT2D eigenvalue weighted by molar-refractivity contribution is 7.92. The van der Waals surface area contributed by atoms with Gasteiger partial charge >= 0.3 is 0 Å². The van der Waals surface area contributed by atoms with Crippen LogP contribution in [0.1, 0.15) is 41.3 Å². The van der Waals surface area contributed by atoms with Gasteiger partial charge in [-0.25, -0.2) is 12.8 Å². The van der Waals surface area contributed by atoms with Crippen molar-refractivity contribution < 1.29 is 17.6 Å². The first kappa shape index (κ1) is 21.6. The lowest BCUT2D eigenvalue weighted by molar-refractivity contribution is 0.0729. The Kier molecular flexibility index (Phi) is 5.44. The lowest BCUT2D eigenvalue weighted by Crippen LogP contribution is -2.36. The van der Waals surface area contributed by atoms with Gasteiger partial charge in [0.2, 0.25) is 0 Å². The summed E-state index contributed by atoms with van der Waals surface area (Å²) in [5.41, 5.74) is 2.71. The quantitative estimate of drug-likeness (QED) is 0.528. The molecular weight excluding hydrogens is 439 g/mol. The molecule has 1 amide bonds. The highest BCUT2D eigenvalue weighted by Gasteiger charge is 2.37. The molecule has 0 saturated heterocycles.